The molecule has 1 aromatic rings. The lowest BCUT2D eigenvalue weighted by molar-refractivity contribution is -0.139. The second-order valence-electron chi connectivity index (χ2n) is 3.90. The highest BCUT2D eigenvalue weighted by Gasteiger charge is 2.18. The normalized spacial score (nSPS) is 11.3. The summed E-state index contributed by atoms with van der Waals surface area (Å²) in [6, 6.07) is 6.13. The standard InChI is InChI=1S/C12H18N2O5S/c1-3-14(4-2)20(17,18)13-10-6-5-7-11(8-10)19-9-12(15)16/h5-8,13H,3-4,9H2,1-2H3,(H,15,16). The first-order valence-corrected chi connectivity index (χ1v) is 7.55. The van der Waals surface area contributed by atoms with Gasteiger partial charge in [0, 0.05) is 19.2 Å². The van der Waals surface area contributed by atoms with Crippen molar-refractivity contribution in [2.45, 2.75) is 13.8 Å². The zero-order chi connectivity index (χ0) is 15.2. The molecule has 0 heterocycles. The van der Waals surface area contributed by atoms with Gasteiger partial charge in [0.1, 0.15) is 5.75 Å². The molecular formula is C12H18N2O5S. The molecule has 0 unspecified atom stereocenters. The van der Waals surface area contributed by atoms with Gasteiger partial charge in [0.2, 0.25) is 0 Å². The van der Waals surface area contributed by atoms with Gasteiger partial charge in [-0.05, 0) is 12.1 Å². The number of aliphatic carboxylic acids is 1. The summed E-state index contributed by atoms with van der Waals surface area (Å²) in [4.78, 5) is 10.4. The largest absolute Gasteiger partial charge is 0.482 e. The Bertz CT molecular complexity index is 555. The maximum absolute atomic E-state index is 12.0. The average molecular weight is 302 g/mol. The molecule has 20 heavy (non-hydrogen) atoms. The molecule has 7 nitrogen and oxygen atoms in total. The summed E-state index contributed by atoms with van der Waals surface area (Å²) >= 11 is 0. The number of hydrogen-bond acceptors (Lipinski definition) is 4. The fourth-order valence-corrected chi connectivity index (χ4v) is 2.81. The SMILES string of the molecule is CCN(CC)S(=O)(=O)Nc1cccc(OCC(=O)O)c1. The van der Waals surface area contributed by atoms with Gasteiger partial charge in [-0.2, -0.15) is 12.7 Å². The number of benzene rings is 1. The fourth-order valence-electron chi connectivity index (χ4n) is 1.57. The van der Waals surface area contributed by atoms with Crippen molar-refractivity contribution in [3.8, 4) is 5.75 Å². The Morgan fingerprint density at radius 2 is 2.00 bits per heavy atom. The van der Waals surface area contributed by atoms with Crippen LogP contribution >= 0.6 is 0 Å². The lowest BCUT2D eigenvalue weighted by Gasteiger charge is -2.19. The van der Waals surface area contributed by atoms with Crippen LogP contribution in [-0.2, 0) is 15.0 Å². The Labute approximate surface area is 118 Å². The lowest BCUT2D eigenvalue weighted by Crippen LogP contribution is -2.35. The van der Waals surface area contributed by atoms with E-state index in [0.717, 1.165) is 0 Å². The maximum Gasteiger partial charge on any atom is 0.341 e. The number of rotatable bonds is 8. The molecule has 8 heteroatoms. The van der Waals surface area contributed by atoms with Crippen molar-refractivity contribution in [2.75, 3.05) is 24.4 Å². The molecular weight excluding hydrogens is 284 g/mol. The first-order valence-electron chi connectivity index (χ1n) is 6.11. The third kappa shape index (κ3) is 4.71. The first kappa shape index (κ1) is 16.3. The smallest absolute Gasteiger partial charge is 0.341 e. The van der Waals surface area contributed by atoms with E-state index < -0.39 is 22.8 Å². The van der Waals surface area contributed by atoms with Gasteiger partial charge in [0.25, 0.3) is 0 Å². The number of carboxylic acid groups (broad SMARTS) is 1. The number of carbonyl (C=O) groups is 1. The molecule has 1 aromatic carbocycles. The van der Waals surface area contributed by atoms with Crippen LogP contribution in [0.5, 0.6) is 5.75 Å². The lowest BCUT2D eigenvalue weighted by atomic mass is 10.3. The van der Waals surface area contributed by atoms with Crippen molar-refractivity contribution < 1.29 is 23.1 Å². The minimum atomic E-state index is -3.61. The molecule has 0 aliphatic heterocycles. The summed E-state index contributed by atoms with van der Waals surface area (Å²) in [5.74, 6) is -0.814. The number of ether oxygens (including phenoxy) is 1. The Hall–Kier alpha value is -1.80. The van der Waals surface area contributed by atoms with Gasteiger partial charge >= 0.3 is 16.2 Å². The van der Waals surface area contributed by atoms with Crippen molar-refractivity contribution >= 4 is 21.9 Å². The number of anilines is 1. The fraction of sp³-hybridized carbons (Fsp3) is 0.417. The molecule has 1 rings (SSSR count). The van der Waals surface area contributed by atoms with E-state index in [1.807, 2.05) is 0 Å². The van der Waals surface area contributed by atoms with E-state index in [1.165, 1.54) is 10.4 Å². The quantitative estimate of drug-likeness (QED) is 0.751. The molecule has 2 N–H and O–H groups in total. The summed E-state index contributed by atoms with van der Waals surface area (Å²) in [5, 5.41) is 8.52. The van der Waals surface area contributed by atoms with Crippen LogP contribution in [0.3, 0.4) is 0 Å². The van der Waals surface area contributed by atoms with Crippen molar-refractivity contribution in [3.63, 3.8) is 0 Å². The van der Waals surface area contributed by atoms with Crippen LogP contribution in [0.25, 0.3) is 0 Å². The van der Waals surface area contributed by atoms with Crippen LogP contribution in [0.4, 0.5) is 5.69 Å². The minimum Gasteiger partial charge on any atom is -0.482 e. The molecule has 0 spiro atoms. The van der Waals surface area contributed by atoms with E-state index >= 15 is 0 Å². The van der Waals surface area contributed by atoms with E-state index in [2.05, 4.69) is 4.72 Å². The van der Waals surface area contributed by atoms with Crippen molar-refractivity contribution in [2.24, 2.45) is 0 Å². The van der Waals surface area contributed by atoms with E-state index in [0.29, 0.717) is 18.8 Å². The molecule has 0 aliphatic carbocycles. The molecule has 0 fully saturated rings. The molecule has 0 saturated carbocycles. The second-order valence-corrected chi connectivity index (χ2v) is 5.57. The summed E-state index contributed by atoms with van der Waals surface area (Å²) in [7, 11) is -3.61. The summed E-state index contributed by atoms with van der Waals surface area (Å²) in [5.41, 5.74) is 0.319. The molecule has 0 bridgehead atoms. The van der Waals surface area contributed by atoms with E-state index in [1.54, 1.807) is 32.0 Å². The number of carboxylic acids is 1. The Balaban J connectivity index is 2.82. The van der Waals surface area contributed by atoms with Crippen LogP contribution in [-0.4, -0.2) is 43.5 Å². The zero-order valence-electron chi connectivity index (χ0n) is 11.4. The Morgan fingerprint density at radius 1 is 1.35 bits per heavy atom. The molecule has 0 radical (unpaired) electrons. The van der Waals surface area contributed by atoms with Gasteiger partial charge in [-0.3, -0.25) is 4.72 Å². The van der Waals surface area contributed by atoms with Gasteiger partial charge in [-0.15, -0.1) is 0 Å². The van der Waals surface area contributed by atoms with Crippen LogP contribution < -0.4 is 9.46 Å². The van der Waals surface area contributed by atoms with Gasteiger partial charge in [-0.25, -0.2) is 4.79 Å². The molecule has 112 valence electrons. The van der Waals surface area contributed by atoms with Crippen LogP contribution in [0.2, 0.25) is 0 Å². The highest BCUT2D eigenvalue weighted by molar-refractivity contribution is 7.90. The first-order chi connectivity index (χ1) is 9.39. The monoisotopic (exact) mass is 302 g/mol. The summed E-state index contributed by atoms with van der Waals surface area (Å²) in [6.07, 6.45) is 0. The van der Waals surface area contributed by atoms with Crippen LogP contribution in [0, 0.1) is 0 Å². The average Bonchev–Trinajstić information content (AvgIpc) is 2.37. The van der Waals surface area contributed by atoms with E-state index in [9.17, 15) is 13.2 Å². The molecule has 0 saturated heterocycles. The minimum absolute atomic E-state index is 0.284. The van der Waals surface area contributed by atoms with Crippen molar-refractivity contribution in [1.82, 2.24) is 4.31 Å². The van der Waals surface area contributed by atoms with Gasteiger partial charge in [0.15, 0.2) is 6.61 Å². The van der Waals surface area contributed by atoms with Crippen LogP contribution in [0.15, 0.2) is 24.3 Å². The highest BCUT2D eigenvalue weighted by Crippen LogP contribution is 2.19. The molecule has 0 aromatic heterocycles. The second kappa shape index (κ2) is 7.11. The predicted molar refractivity (Wildman–Crippen MR) is 75.0 cm³/mol. The summed E-state index contributed by atoms with van der Waals surface area (Å²) < 4.78 is 32.7. The number of nitrogens with zero attached hydrogens (tertiary/aromatic N) is 1. The molecule has 0 atom stereocenters. The predicted octanol–water partition coefficient (Wildman–Crippen LogP) is 1.15. The molecule has 0 amide bonds. The van der Waals surface area contributed by atoms with Crippen LogP contribution in [0.1, 0.15) is 13.8 Å². The van der Waals surface area contributed by atoms with Gasteiger partial charge in [0.05, 0.1) is 5.69 Å². The zero-order valence-corrected chi connectivity index (χ0v) is 12.2. The van der Waals surface area contributed by atoms with Gasteiger partial charge in [-0.1, -0.05) is 19.9 Å². The third-order valence-corrected chi connectivity index (χ3v) is 4.18. The Morgan fingerprint density at radius 3 is 2.55 bits per heavy atom. The number of hydrogen-bond donors (Lipinski definition) is 2. The Kier molecular flexibility index (Phi) is 5.78. The summed E-state index contributed by atoms with van der Waals surface area (Å²) in [6.45, 7) is 3.73. The highest BCUT2D eigenvalue weighted by atomic mass is 32.2. The van der Waals surface area contributed by atoms with Gasteiger partial charge < -0.3 is 9.84 Å². The topological polar surface area (TPSA) is 95.9 Å². The van der Waals surface area contributed by atoms with E-state index in [-0.39, 0.29) is 5.75 Å². The molecule has 0 aliphatic rings. The third-order valence-electron chi connectivity index (χ3n) is 2.49. The number of nitrogens with one attached hydrogen (secondary N) is 1. The van der Waals surface area contributed by atoms with Crippen molar-refractivity contribution in [1.29, 1.82) is 0 Å². The maximum atomic E-state index is 12.0. The van der Waals surface area contributed by atoms with Crippen molar-refractivity contribution in [3.05, 3.63) is 24.3 Å². The van der Waals surface area contributed by atoms with E-state index in [4.69, 9.17) is 9.84 Å².